The van der Waals surface area contributed by atoms with Gasteiger partial charge in [-0.15, -0.1) is 0 Å². The number of para-hydroxylation sites is 1. The fourth-order valence-electron chi connectivity index (χ4n) is 5.48. The molecule has 39 heavy (non-hydrogen) atoms. The van der Waals surface area contributed by atoms with Gasteiger partial charge in [0, 0.05) is 63.4 Å². The predicted octanol–water partition coefficient (Wildman–Crippen LogP) is 2.38. The molecule has 0 aliphatic carbocycles. The summed E-state index contributed by atoms with van der Waals surface area (Å²) in [5.74, 6) is -1.14. The van der Waals surface area contributed by atoms with Crippen LogP contribution in [0.1, 0.15) is 29.1 Å². The van der Waals surface area contributed by atoms with Crippen LogP contribution >= 0.6 is 0 Å². The fourth-order valence-corrected chi connectivity index (χ4v) is 5.48. The minimum Gasteiger partial charge on any atom is -0.374 e. The van der Waals surface area contributed by atoms with E-state index in [1.807, 2.05) is 78.2 Å². The number of H-pyrrole nitrogens is 1. The molecule has 3 aromatic rings. The van der Waals surface area contributed by atoms with E-state index < -0.39 is 17.9 Å². The van der Waals surface area contributed by atoms with E-state index in [2.05, 4.69) is 4.98 Å². The molecule has 2 unspecified atom stereocenters. The number of urea groups is 1. The van der Waals surface area contributed by atoms with Crippen LogP contribution in [0.15, 0.2) is 54.7 Å². The SMILES string of the molecule is CC1CN(C(O)c2ccccc2)CCN1C(=O)C(=O)c1c[nH]c2c(N3CCN(CCN(C)C)C3=O)cccc12. The summed E-state index contributed by atoms with van der Waals surface area (Å²) in [5, 5.41) is 11.4. The molecule has 0 radical (unpaired) electrons. The molecule has 2 aromatic carbocycles. The van der Waals surface area contributed by atoms with Gasteiger partial charge in [0.25, 0.3) is 11.7 Å². The standard InChI is InChI=1S/C29H36N6O4/c1-20-19-33(27(37)21-8-5-4-6-9-21)15-16-34(20)28(38)26(36)23-18-30-25-22(23)10-7-11-24(25)35-17-14-32(29(35)39)13-12-31(2)3/h4-11,18,20,27,30,37H,12-17,19H2,1-3H3. The lowest BCUT2D eigenvalue weighted by Crippen LogP contribution is -2.56. The number of likely N-dealkylation sites (N-methyl/N-ethyl adjacent to an activating group) is 1. The molecule has 2 atom stereocenters. The van der Waals surface area contributed by atoms with Crippen molar-refractivity contribution >= 4 is 34.3 Å². The Balaban J connectivity index is 1.29. The van der Waals surface area contributed by atoms with E-state index in [0.717, 1.165) is 12.1 Å². The largest absolute Gasteiger partial charge is 0.374 e. The molecular formula is C29H36N6O4. The molecule has 0 saturated carbocycles. The second-order valence-electron chi connectivity index (χ2n) is 10.6. The maximum Gasteiger partial charge on any atom is 0.324 e. The smallest absolute Gasteiger partial charge is 0.324 e. The van der Waals surface area contributed by atoms with Gasteiger partial charge in [0.15, 0.2) is 0 Å². The number of carbonyl (C=O) groups excluding carboxylic acids is 3. The molecule has 10 nitrogen and oxygen atoms in total. The van der Waals surface area contributed by atoms with Gasteiger partial charge in [-0.05, 0) is 32.6 Å². The van der Waals surface area contributed by atoms with Crippen LogP contribution in [-0.2, 0) is 4.79 Å². The van der Waals surface area contributed by atoms with Gasteiger partial charge in [-0.2, -0.15) is 0 Å². The number of anilines is 1. The first-order valence-electron chi connectivity index (χ1n) is 13.4. The topological polar surface area (TPSA) is 103 Å². The molecule has 5 rings (SSSR count). The van der Waals surface area contributed by atoms with Crippen molar-refractivity contribution in [3.05, 3.63) is 65.9 Å². The van der Waals surface area contributed by atoms with Crippen LogP contribution in [0.25, 0.3) is 10.9 Å². The monoisotopic (exact) mass is 532 g/mol. The Morgan fingerprint density at radius 3 is 2.54 bits per heavy atom. The third kappa shape index (κ3) is 5.27. The highest BCUT2D eigenvalue weighted by Gasteiger charge is 2.35. The summed E-state index contributed by atoms with van der Waals surface area (Å²) in [6.45, 7) is 5.77. The molecule has 10 heteroatoms. The van der Waals surface area contributed by atoms with Gasteiger partial charge < -0.3 is 24.8 Å². The fraction of sp³-hybridized carbons (Fsp3) is 0.414. The number of rotatable bonds is 8. The number of aliphatic hydroxyl groups excluding tert-OH is 1. The molecule has 0 bridgehead atoms. The molecule has 0 spiro atoms. The summed E-state index contributed by atoms with van der Waals surface area (Å²) in [6, 6.07) is 14.6. The van der Waals surface area contributed by atoms with Gasteiger partial charge in [-0.25, -0.2) is 4.79 Å². The number of benzene rings is 2. The maximum absolute atomic E-state index is 13.4. The minimum absolute atomic E-state index is 0.0627. The second-order valence-corrected chi connectivity index (χ2v) is 10.6. The number of aromatic amines is 1. The number of nitrogens with one attached hydrogen (secondary N) is 1. The number of nitrogens with zero attached hydrogens (tertiary/aromatic N) is 5. The van der Waals surface area contributed by atoms with E-state index in [0.29, 0.717) is 61.4 Å². The number of piperazine rings is 1. The first-order chi connectivity index (χ1) is 18.8. The maximum atomic E-state index is 13.4. The van der Waals surface area contributed by atoms with Crippen molar-refractivity contribution in [1.82, 2.24) is 24.6 Å². The first kappa shape index (κ1) is 26.9. The summed E-state index contributed by atoms with van der Waals surface area (Å²) in [6.07, 6.45) is 0.805. The van der Waals surface area contributed by atoms with Crippen LogP contribution in [0.3, 0.4) is 0 Å². The second kappa shape index (κ2) is 11.2. The number of Topliss-reactive ketones (excluding diaryl/α,β-unsaturated/α-hetero) is 1. The first-order valence-corrected chi connectivity index (χ1v) is 13.4. The number of hydrogen-bond donors (Lipinski definition) is 2. The van der Waals surface area contributed by atoms with E-state index in [4.69, 9.17) is 0 Å². The van der Waals surface area contributed by atoms with Gasteiger partial charge >= 0.3 is 6.03 Å². The number of aromatic nitrogens is 1. The lowest BCUT2D eigenvalue weighted by molar-refractivity contribution is -0.133. The van der Waals surface area contributed by atoms with Crippen LogP contribution < -0.4 is 4.90 Å². The molecule has 3 heterocycles. The van der Waals surface area contributed by atoms with Gasteiger partial charge in [0.05, 0.1) is 16.8 Å². The Kier molecular flexibility index (Phi) is 7.69. The van der Waals surface area contributed by atoms with E-state index in [1.54, 1.807) is 22.1 Å². The van der Waals surface area contributed by atoms with E-state index >= 15 is 0 Å². The van der Waals surface area contributed by atoms with Crippen molar-refractivity contribution in [3.63, 3.8) is 0 Å². The van der Waals surface area contributed by atoms with Crippen LogP contribution in [0, 0.1) is 0 Å². The highest BCUT2D eigenvalue weighted by atomic mass is 16.3. The van der Waals surface area contributed by atoms with Crippen molar-refractivity contribution < 1.29 is 19.5 Å². The zero-order valence-electron chi connectivity index (χ0n) is 22.7. The van der Waals surface area contributed by atoms with E-state index in [-0.39, 0.29) is 12.1 Å². The molecule has 206 valence electrons. The molecule has 2 fully saturated rings. The van der Waals surface area contributed by atoms with Crippen LogP contribution in [-0.4, -0.2) is 113 Å². The third-order valence-electron chi connectivity index (χ3n) is 7.70. The Morgan fingerprint density at radius 2 is 1.82 bits per heavy atom. The summed E-state index contributed by atoms with van der Waals surface area (Å²) >= 11 is 0. The number of ketones is 1. The quantitative estimate of drug-likeness (QED) is 0.341. The minimum atomic E-state index is -0.763. The lowest BCUT2D eigenvalue weighted by atomic mass is 10.1. The average Bonchev–Trinajstić information content (AvgIpc) is 3.54. The third-order valence-corrected chi connectivity index (χ3v) is 7.70. The molecule has 2 saturated heterocycles. The van der Waals surface area contributed by atoms with E-state index in [1.165, 1.54) is 0 Å². The molecule has 3 amide bonds. The van der Waals surface area contributed by atoms with Crippen molar-refractivity contribution in [2.45, 2.75) is 19.2 Å². The van der Waals surface area contributed by atoms with Gasteiger partial charge in [-0.1, -0.05) is 42.5 Å². The van der Waals surface area contributed by atoms with Crippen LogP contribution in [0.5, 0.6) is 0 Å². The van der Waals surface area contributed by atoms with E-state index in [9.17, 15) is 19.5 Å². The predicted molar refractivity (Wildman–Crippen MR) is 150 cm³/mol. The summed E-state index contributed by atoms with van der Waals surface area (Å²) < 4.78 is 0. The highest BCUT2D eigenvalue weighted by molar-refractivity contribution is 6.45. The Bertz CT molecular complexity index is 1360. The molecule has 2 aliphatic rings. The van der Waals surface area contributed by atoms with Crippen LogP contribution in [0.4, 0.5) is 10.5 Å². The van der Waals surface area contributed by atoms with Gasteiger partial charge in [-0.3, -0.25) is 19.4 Å². The molecule has 2 aliphatic heterocycles. The highest BCUT2D eigenvalue weighted by Crippen LogP contribution is 2.31. The lowest BCUT2D eigenvalue weighted by Gasteiger charge is -2.41. The number of hydrogen-bond acceptors (Lipinski definition) is 6. The number of amides is 3. The van der Waals surface area contributed by atoms with Crippen molar-refractivity contribution in [3.8, 4) is 0 Å². The summed E-state index contributed by atoms with van der Waals surface area (Å²) in [5.41, 5.74) is 2.47. The Morgan fingerprint density at radius 1 is 1.05 bits per heavy atom. The number of aliphatic hydroxyl groups is 1. The molecule has 1 aromatic heterocycles. The van der Waals surface area contributed by atoms with Gasteiger partial charge in [0.1, 0.15) is 6.23 Å². The normalized spacial score (nSPS) is 19.4. The molecular weight excluding hydrogens is 496 g/mol. The summed E-state index contributed by atoms with van der Waals surface area (Å²) in [4.78, 5) is 52.1. The molecule has 2 N–H and O–H groups in total. The van der Waals surface area contributed by atoms with Gasteiger partial charge in [0.2, 0.25) is 0 Å². The van der Waals surface area contributed by atoms with Crippen LogP contribution in [0.2, 0.25) is 0 Å². The zero-order chi connectivity index (χ0) is 27.7. The summed E-state index contributed by atoms with van der Waals surface area (Å²) in [7, 11) is 3.96. The zero-order valence-corrected chi connectivity index (χ0v) is 22.7. The average molecular weight is 533 g/mol. The van der Waals surface area contributed by atoms with Crippen molar-refractivity contribution in [2.24, 2.45) is 0 Å². The number of fused-ring (bicyclic) bond motifs is 1. The van der Waals surface area contributed by atoms with Crippen molar-refractivity contribution in [2.75, 3.05) is 64.8 Å². The number of carbonyl (C=O) groups is 3. The Labute approximate surface area is 228 Å². The Hall–Kier alpha value is -3.73. The van der Waals surface area contributed by atoms with Crippen molar-refractivity contribution in [1.29, 1.82) is 0 Å².